The Labute approximate surface area is 127 Å². The van der Waals surface area contributed by atoms with E-state index in [2.05, 4.69) is 34.4 Å². The Morgan fingerprint density at radius 3 is 2.67 bits per heavy atom. The number of pyridine rings is 1. The first-order valence-electron chi connectivity index (χ1n) is 7.71. The topological polar surface area (TPSA) is 57.3 Å². The van der Waals surface area contributed by atoms with Crippen LogP contribution >= 0.6 is 0 Å². The standard InChI is InChI=1S/C16H26N4O/c1-13-8-7-9-14(18-13)19-15(21)17-12-16(2,3)20-10-5-4-6-11-20/h7-9H,4-6,10-12H2,1-3H3,(H2,17,18,19,21). The third-order valence-corrected chi connectivity index (χ3v) is 4.02. The van der Waals surface area contributed by atoms with Gasteiger partial charge in [0, 0.05) is 17.8 Å². The van der Waals surface area contributed by atoms with E-state index in [9.17, 15) is 4.79 Å². The predicted octanol–water partition coefficient (Wildman–Crippen LogP) is 2.78. The molecule has 1 aliphatic heterocycles. The lowest BCUT2D eigenvalue weighted by Gasteiger charge is -2.41. The normalized spacial score (nSPS) is 16.5. The van der Waals surface area contributed by atoms with Crippen molar-refractivity contribution in [3.8, 4) is 0 Å². The minimum atomic E-state index is -0.196. The van der Waals surface area contributed by atoms with E-state index in [4.69, 9.17) is 0 Å². The average Bonchev–Trinajstić information content (AvgIpc) is 2.46. The molecule has 0 saturated carbocycles. The number of carbonyl (C=O) groups excluding carboxylic acids is 1. The molecule has 2 N–H and O–H groups in total. The number of rotatable bonds is 4. The van der Waals surface area contributed by atoms with E-state index in [1.807, 2.05) is 19.1 Å². The summed E-state index contributed by atoms with van der Waals surface area (Å²) in [7, 11) is 0. The fourth-order valence-electron chi connectivity index (χ4n) is 2.68. The highest BCUT2D eigenvalue weighted by atomic mass is 16.2. The Morgan fingerprint density at radius 1 is 1.29 bits per heavy atom. The number of carbonyl (C=O) groups is 1. The second-order valence-electron chi connectivity index (χ2n) is 6.33. The van der Waals surface area contributed by atoms with Crippen LogP contribution in [0.15, 0.2) is 18.2 Å². The highest BCUT2D eigenvalue weighted by Gasteiger charge is 2.28. The summed E-state index contributed by atoms with van der Waals surface area (Å²) in [5.41, 5.74) is 0.874. The molecule has 2 heterocycles. The number of aryl methyl sites for hydroxylation is 1. The molecule has 0 aromatic carbocycles. The van der Waals surface area contributed by atoms with E-state index >= 15 is 0 Å². The molecule has 1 aliphatic rings. The van der Waals surface area contributed by atoms with Crippen molar-refractivity contribution in [3.63, 3.8) is 0 Å². The number of piperidine rings is 1. The van der Waals surface area contributed by atoms with Gasteiger partial charge in [-0.1, -0.05) is 12.5 Å². The van der Waals surface area contributed by atoms with Crippen molar-refractivity contribution in [2.24, 2.45) is 0 Å². The maximum Gasteiger partial charge on any atom is 0.320 e. The van der Waals surface area contributed by atoms with Crippen LogP contribution in [0.4, 0.5) is 10.6 Å². The van der Waals surface area contributed by atoms with Crippen LogP contribution in [0.1, 0.15) is 38.8 Å². The summed E-state index contributed by atoms with van der Waals surface area (Å²) in [6.07, 6.45) is 3.82. The van der Waals surface area contributed by atoms with Crippen LogP contribution in [0.2, 0.25) is 0 Å². The maximum absolute atomic E-state index is 12.0. The molecule has 0 aliphatic carbocycles. The number of hydrogen-bond donors (Lipinski definition) is 2. The quantitative estimate of drug-likeness (QED) is 0.896. The number of amides is 2. The van der Waals surface area contributed by atoms with Crippen molar-refractivity contribution in [1.82, 2.24) is 15.2 Å². The molecule has 0 unspecified atom stereocenters. The fraction of sp³-hybridized carbons (Fsp3) is 0.625. The Bertz CT molecular complexity index is 481. The van der Waals surface area contributed by atoms with Crippen molar-refractivity contribution >= 4 is 11.8 Å². The summed E-state index contributed by atoms with van der Waals surface area (Å²) in [5, 5.41) is 5.74. The summed E-state index contributed by atoms with van der Waals surface area (Å²) in [6, 6.07) is 5.39. The average molecular weight is 290 g/mol. The zero-order valence-corrected chi connectivity index (χ0v) is 13.3. The first-order chi connectivity index (χ1) is 9.97. The molecule has 0 radical (unpaired) electrons. The number of likely N-dealkylation sites (tertiary alicyclic amines) is 1. The van der Waals surface area contributed by atoms with Crippen LogP contribution in [-0.4, -0.2) is 41.1 Å². The van der Waals surface area contributed by atoms with Crippen molar-refractivity contribution < 1.29 is 4.79 Å². The largest absolute Gasteiger partial charge is 0.336 e. The summed E-state index contributed by atoms with van der Waals surface area (Å²) >= 11 is 0. The van der Waals surface area contributed by atoms with Gasteiger partial charge in [0.25, 0.3) is 0 Å². The molecule has 5 heteroatoms. The van der Waals surface area contributed by atoms with Crippen LogP contribution in [0.3, 0.4) is 0 Å². The summed E-state index contributed by atoms with van der Waals surface area (Å²) < 4.78 is 0. The highest BCUT2D eigenvalue weighted by Crippen LogP contribution is 2.19. The van der Waals surface area contributed by atoms with Gasteiger partial charge in [-0.05, 0) is 58.8 Å². The Balaban J connectivity index is 1.82. The molecule has 1 aromatic rings. The lowest BCUT2D eigenvalue weighted by atomic mass is 9.98. The van der Waals surface area contributed by atoms with Crippen molar-refractivity contribution in [2.75, 3.05) is 25.0 Å². The molecule has 0 bridgehead atoms. The van der Waals surface area contributed by atoms with Crippen LogP contribution in [0, 0.1) is 6.92 Å². The van der Waals surface area contributed by atoms with Gasteiger partial charge in [0.1, 0.15) is 5.82 Å². The molecular weight excluding hydrogens is 264 g/mol. The molecule has 2 amide bonds. The fourth-order valence-corrected chi connectivity index (χ4v) is 2.68. The predicted molar refractivity (Wildman–Crippen MR) is 85.5 cm³/mol. The smallest absolute Gasteiger partial charge is 0.320 e. The number of hydrogen-bond acceptors (Lipinski definition) is 3. The summed E-state index contributed by atoms with van der Waals surface area (Å²) in [6.45, 7) is 9.14. The third-order valence-electron chi connectivity index (χ3n) is 4.02. The van der Waals surface area contributed by atoms with Gasteiger partial charge in [-0.2, -0.15) is 0 Å². The molecule has 116 valence electrons. The molecule has 1 fully saturated rings. The Morgan fingerprint density at radius 2 is 2.00 bits per heavy atom. The maximum atomic E-state index is 12.0. The molecule has 5 nitrogen and oxygen atoms in total. The van der Waals surface area contributed by atoms with E-state index in [1.165, 1.54) is 19.3 Å². The molecule has 21 heavy (non-hydrogen) atoms. The van der Waals surface area contributed by atoms with Crippen molar-refractivity contribution in [1.29, 1.82) is 0 Å². The van der Waals surface area contributed by atoms with Crippen LogP contribution in [0.25, 0.3) is 0 Å². The summed E-state index contributed by atoms with van der Waals surface area (Å²) in [4.78, 5) is 18.7. The number of aromatic nitrogens is 1. The summed E-state index contributed by atoms with van der Waals surface area (Å²) in [5.74, 6) is 0.586. The number of nitrogens with one attached hydrogen (secondary N) is 2. The first-order valence-corrected chi connectivity index (χ1v) is 7.71. The van der Waals surface area contributed by atoms with Gasteiger partial charge in [0.2, 0.25) is 0 Å². The second-order valence-corrected chi connectivity index (χ2v) is 6.33. The van der Waals surface area contributed by atoms with E-state index < -0.39 is 0 Å². The Kier molecular flexibility index (Phi) is 5.17. The zero-order valence-electron chi connectivity index (χ0n) is 13.3. The van der Waals surface area contributed by atoms with Crippen molar-refractivity contribution in [2.45, 2.75) is 45.6 Å². The number of anilines is 1. The van der Waals surface area contributed by atoms with Crippen molar-refractivity contribution in [3.05, 3.63) is 23.9 Å². The molecule has 1 aromatic heterocycles. The van der Waals surface area contributed by atoms with E-state index in [-0.39, 0.29) is 11.6 Å². The Hall–Kier alpha value is -1.62. The van der Waals surface area contributed by atoms with Gasteiger partial charge in [-0.25, -0.2) is 9.78 Å². The molecule has 0 atom stereocenters. The van der Waals surface area contributed by atoms with E-state index in [0.717, 1.165) is 18.8 Å². The number of urea groups is 1. The lowest BCUT2D eigenvalue weighted by Crippen LogP contribution is -2.53. The monoisotopic (exact) mass is 290 g/mol. The van der Waals surface area contributed by atoms with Gasteiger partial charge in [-0.3, -0.25) is 10.2 Å². The highest BCUT2D eigenvalue weighted by molar-refractivity contribution is 5.88. The third kappa shape index (κ3) is 4.70. The van der Waals surface area contributed by atoms with Gasteiger partial charge in [0.15, 0.2) is 0 Å². The van der Waals surface area contributed by atoms with E-state index in [1.54, 1.807) is 6.07 Å². The molecule has 0 spiro atoms. The zero-order chi connectivity index (χ0) is 15.3. The molecule has 1 saturated heterocycles. The van der Waals surface area contributed by atoms with Crippen LogP contribution < -0.4 is 10.6 Å². The van der Waals surface area contributed by atoms with Gasteiger partial charge >= 0.3 is 6.03 Å². The minimum absolute atomic E-state index is 0.0161. The van der Waals surface area contributed by atoms with E-state index in [0.29, 0.717) is 12.4 Å². The molecule has 2 rings (SSSR count). The van der Waals surface area contributed by atoms with Gasteiger partial charge in [-0.15, -0.1) is 0 Å². The number of nitrogens with zero attached hydrogens (tertiary/aromatic N) is 2. The SMILES string of the molecule is Cc1cccc(NC(=O)NCC(C)(C)N2CCCCC2)n1. The van der Waals surface area contributed by atoms with Gasteiger partial charge in [0.05, 0.1) is 0 Å². The second kappa shape index (κ2) is 6.89. The van der Waals surface area contributed by atoms with Crippen LogP contribution in [-0.2, 0) is 0 Å². The molecular formula is C16H26N4O. The van der Waals surface area contributed by atoms with Gasteiger partial charge < -0.3 is 5.32 Å². The lowest BCUT2D eigenvalue weighted by molar-refractivity contribution is 0.0965. The minimum Gasteiger partial charge on any atom is -0.336 e. The first kappa shape index (κ1) is 15.8. The van der Waals surface area contributed by atoms with Crippen LogP contribution in [0.5, 0.6) is 0 Å².